The minimum absolute atomic E-state index is 0.0590. The van der Waals surface area contributed by atoms with Crippen molar-refractivity contribution < 1.29 is 14.3 Å². The molecule has 1 aliphatic rings. The van der Waals surface area contributed by atoms with Gasteiger partial charge in [-0.2, -0.15) is 0 Å². The summed E-state index contributed by atoms with van der Waals surface area (Å²) in [5, 5.41) is 9.40. The first-order chi connectivity index (χ1) is 9.11. The highest BCUT2D eigenvalue weighted by atomic mass is 19.1. The van der Waals surface area contributed by atoms with Gasteiger partial charge in [0.15, 0.2) is 0 Å². The SMILES string of the molecule is Nc1cc(F)cc(C(=O)N2CCCCCC2CO)c1. The van der Waals surface area contributed by atoms with Crippen molar-refractivity contribution in [1.29, 1.82) is 0 Å². The fourth-order valence-electron chi connectivity index (χ4n) is 2.54. The number of rotatable bonds is 2. The molecule has 1 atom stereocenters. The smallest absolute Gasteiger partial charge is 0.254 e. The third-order valence-electron chi connectivity index (χ3n) is 3.52. The Kier molecular flexibility index (Phi) is 4.37. The number of hydrogen-bond donors (Lipinski definition) is 2. The van der Waals surface area contributed by atoms with Crippen LogP contribution in [0.1, 0.15) is 36.0 Å². The Morgan fingerprint density at radius 1 is 1.37 bits per heavy atom. The Hall–Kier alpha value is -1.62. The second-order valence-corrected chi connectivity index (χ2v) is 4.96. The summed E-state index contributed by atoms with van der Waals surface area (Å²) in [5.74, 6) is -0.772. The minimum Gasteiger partial charge on any atom is -0.399 e. The van der Waals surface area contributed by atoms with Crippen LogP contribution in [0.15, 0.2) is 18.2 Å². The third kappa shape index (κ3) is 3.23. The van der Waals surface area contributed by atoms with Gasteiger partial charge in [0.05, 0.1) is 12.6 Å². The van der Waals surface area contributed by atoms with Gasteiger partial charge in [0.2, 0.25) is 0 Å². The van der Waals surface area contributed by atoms with Crippen molar-refractivity contribution in [3.63, 3.8) is 0 Å². The van der Waals surface area contributed by atoms with Crippen LogP contribution in [-0.4, -0.2) is 35.1 Å². The Morgan fingerprint density at radius 2 is 2.16 bits per heavy atom. The molecule has 19 heavy (non-hydrogen) atoms. The average Bonchev–Trinajstić information content (AvgIpc) is 2.61. The number of likely N-dealkylation sites (tertiary alicyclic amines) is 1. The Bertz CT molecular complexity index is 445. The van der Waals surface area contributed by atoms with Crippen LogP contribution < -0.4 is 5.73 Å². The second-order valence-electron chi connectivity index (χ2n) is 4.96. The van der Waals surface area contributed by atoms with E-state index < -0.39 is 5.82 Å². The van der Waals surface area contributed by atoms with Gasteiger partial charge in [0.25, 0.3) is 5.91 Å². The van der Waals surface area contributed by atoms with Crippen molar-refractivity contribution in [1.82, 2.24) is 4.90 Å². The van der Waals surface area contributed by atoms with Crippen LogP contribution in [0.3, 0.4) is 0 Å². The number of amides is 1. The van der Waals surface area contributed by atoms with E-state index in [1.165, 1.54) is 18.2 Å². The van der Waals surface area contributed by atoms with Crippen molar-refractivity contribution in [2.24, 2.45) is 0 Å². The molecule has 1 heterocycles. The van der Waals surface area contributed by atoms with Crippen LogP contribution in [0, 0.1) is 5.82 Å². The largest absolute Gasteiger partial charge is 0.399 e. The average molecular weight is 266 g/mol. The van der Waals surface area contributed by atoms with Crippen molar-refractivity contribution in [3.05, 3.63) is 29.6 Å². The van der Waals surface area contributed by atoms with Crippen LogP contribution >= 0.6 is 0 Å². The van der Waals surface area contributed by atoms with Crippen molar-refractivity contribution in [2.75, 3.05) is 18.9 Å². The van der Waals surface area contributed by atoms with Gasteiger partial charge in [-0.1, -0.05) is 12.8 Å². The zero-order chi connectivity index (χ0) is 13.8. The van der Waals surface area contributed by atoms with E-state index in [2.05, 4.69) is 0 Å². The van der Waals surface area contributed by atoms with E-state index in [0.717, 1.165) is 25.7 Å². The predicted molar refractivity (Wildman–Crippen MR) is 71.2 cm³/mol. The standard InChI is InChI=1S/C14H19FN2O2/c15-11-6-10(7-12(16)8-11)14(19)17-5-3-1-2-4-13(17)9-18/h6-8,13,18H,1-5,9,16H2. The van der Waals surface area contributed by atoms with Gasteiger partial charge in [-0.05, 0) is 31.0 Å². The normalized spacial score (nSPS) is 20.1. The first kappa shape index (κ1) is 13.8. The number of hydrogen-bond acceptors (Lipinski definition) is 3. The van der Waals surface area contributed by atoms with Crippen LogP contribution in [-0.2, 0) is 0 Å². The van der Waals surface area contributed by atoms with Gasteiger partial charge in [0.1, 0.15) is 5.82 Å². The number of nitrogens with two attached hydrogens (primary N) is 1. The number of benzene rings is 1. The number of anilines is 1. The van der Waals surface area contributed by atoms with Gasteiger partial charge >= 0.3 is 0 Å². The first-order valence-corrected chi connectivity index (χ1v) is 6.59. The van der Waals surface area contributed by atoms with Crippen LogP contribution in [0.5, 0.6) is 0 Å². The highest BCUT2D eigenvalue weighted by Crippen LogP contribution is 2.20. The van der Waals surface area contributed by atoms with Gasteiger partial charge < -0.3 is 15.7 Å². The van der Waals surface area contributed by atoms with E-state index in [4.69, 9.17) is 5.73 Å². The van der Waals surface area contributed by atoms with E-state index in [1.54, 1.807) is 4.90 Å². The molecule has 4 nitrogen and oxygen atoms in total. The predicted octanol–water partition coefficient (Wildman–Crippen LogP) is 1.79. The molecule has 1 aromatic carbocycles. The number of carbonyl (C=O) groups excluding carboxylic acids is 1. The van der Waals surface area contributed by atoms with E-state index in [0.29, 0.717) is 6.54 Å². The topological polar surface area (TPSA) is 66.6 Å². The number of nitrogens with zero attached hydrogens (tertiary/aromatic N) is 1. The van der Waals surface area contributed by atoms with Crippen molar-refractivity contribution in [3.8, 4) is 0 Å². The number of halogens is 1. The molecule has 0 bridgehead atoms. The summed E-state index contributed by atoms with van der Waals surface area (Å²) in [6.45, 7) is 0.539. The summed E-state index contributed by atoms with van der Waals surface area (Å²) in [4.78, 5) is 14.1. The van der Waals surface area contributed by atoms with Crippen molar-refractivity contribution in [2.45, 2.75) is 31.7 Å². The lowest BCUT2D eigenvalue weighted by Crippen LogP contribution is -2.42. The summed E-state index contributed by atoms with van der Waals surface area (Å²) in [6.07, 6.45) is 3.74. The van der Waals surface area contributed by atoms with Crippen LogP contribution in [0.4, 0.5) is 10.1 Å². The molecule has 0 radical (unpaired) electrons. The monoisotopic (exact) mass is 266 g/mol. The lowest BCUT2D eigenvalue weighted by molar-refractivity contribution is 0.0599. The zero-order valence-corrected chi connectivity index (χ0v) is 10.8. The fourth-order valence-corrected chi connectivity index (χ4v) is 2.54. The molecular formula is C14H19FN2O2. The Morgan fingerprint density at radius 3 is 2.84 bits per heavy atom. The van der Waals surface area contributed by atoms with E-state index in [9.17, 15) is 14.3 Å². The van der Waals surface area contributed by atoms with Crippen LogP contribution in [0.25, 0.3) is 0 Å². The molecule has 0 aromatic heterocycles. The Balaban J connectivity index is 2.25. The summed E-state index contributed by atoms with van der Waals surface area (Å²) in [5.41, 5.74) is 6.05. The maximum absolute atomic E-state index is 13.3. The summed E-state index contributed by atoms with van der Waals surface area (Å²) >= 11 is 0. The maximum atomic E-state index is 13.3. The maximum Gasteiger partial charge on any atom is 0.254 e. The van der Waals surface area contributed by atoms with Gasteiger partial charge in [-0.25, -0.2) is 4.39 Å². The van der Waals surface area contributed by atoms with Gasteiger partial charge in [-0.3, -0.25) is 4.79 Å². The molecule has 1 unspecified atom stereocenters. The first-order valence-electron chi connectivity index (χ1n) is 6.59. The highest BCUT2D eigenvalue weighted by molar-refractivity contribution is 5.95. The number of carbonyl (C=O) groups is 1. The molecule has 1 aliphatic heterocycles. The molecule has 0 saturated carbocycles. The third-order valence-corrected chi connectivity index (χ3v) is 3.52. The fraction of sp³-hybridized carbons (Fsp3) is 0.500. The molecular weight excluding hydrogens is 247 g/mol. The quantitative estimate of drug-likeness (QED) is 0.802. The van der Waals surface area contributed by atoms with Crippen LogP contribution in [0.2, 0.25) is 0 Å². The molecule has 1 amide bonds. The molecule has 1 saturated heterocycles. The molecule has 104 valence electrons. The lowest BCUT2D eigenvalue weighted by atomic mass is 10.1. The van der Waals surface area contributed by atoms with E-state index in [1.807, 2.05) is 0 Å². The van der Waals surface area contributed by atoms with Gasteiger partial charge in [-0.15, -0.1) is 0 Å². The number of aliphatic hydroxyl groups is 1. The molecule has 0 spiro atoms. The molecule has 3 N–H and O–H groups in total. The van der Waals surface area contributed by atoms with Crippen molar-refractivity contribution >= 4 is 11.6 Å². The second kappa shape index (κ2) is 6.02. The number of nitrogen functional groups attached to an aromatic ring is 1. The summed E-state index contributed by atoms with van der Waals surface area (Å²) < 4.78 is 13.3. The van der Waals surface area contributed by atoms with E-state index in [-0.39, 0.29) is 29.8 Å². The molecule has 5 heteroatoms. The summed E-state index contributed by atoms with van der Waals surface area (Å²) in [7, 11) is 0. The molecule has 1 aromatic rings. The molecule has 2 rings (SSSR count). The summed E-state index contributed by atoms with van der Waals surface area (Å²) in [6, 6.07) is 3.67. The van der Waals surface area contributed by atoms with Gasteiger partial charge in [0, 0.05) is 17.8 Å². The lowest BCUT2D eigenvalue weighted by Gasteiger charge is -2.28. The minimum atomic E-state index is -0.515. The molecule has 1 fully saturated rings. The number of aliphatic hydroxyl groups excluding tert-OH is 1. The Labute approximate surface area is 112 Å². The van der Waals surface area contributed by atoms with E-state index >= 15 is 0 Å². The highest BCUT2D eigenvalue weighted by Gasteiger charge is 2.26. The zero-order valence-electron chi connectivity index (χ0n) is 10.8. The molecule has 0 aliphatic carbocycles.